The molecule has 2 bridgehead atoms. The molecular formula is C17H24N2O2. The van der Waals surface area contributed by atoms with Gasteiger partial charge in [-0.2, -0.15) is 5.10 Å². The number of hydrogen-bond acceptors (Lipinski definition) is 3. The van der Waals surface area contributed by atoms with Gasteiger partial charge in [0.1, 0.15) is 6.10 Å². The Morgan fingerprint density at radius 2 is 2.24 bits per heavy atom. The summed E-state index contributed by atoms with van der Waals surface area (Å²) in [6.45, 7) is 6.93. The van der Waals surface area contributed by atoms with Crippen LogP contribution < -0.4 is 0 Å². The van der Waals surface area contributed by atoms with Crippen molar-refractivity contribution in [2.24, 2.45) is 23.8 Å². The SMILES string of the molecule is Cn1cc(/C=C/C(=O)OC2CC3CCC2(C)C3(C)C)cn1. The highest BCUT2D eigenvalue weighted by Crippen LogP contribution is 2.66. The van der Waals surface area contributed by atoms with Gasteiger partial charge in [-0.3, -0.25) is 4.68 Å². The van der Waals surface area contributed by atoms with Gasteiger partial charge in [-0.05, 0) is 36.7 Å². The zero-order valence-corrected chi connectivity index (χ0v) is 13.3. The van der Waals surface area contributed by atoms with Gasteiger partial charge < -0.3 is 4.74 Å². The van der Waals surface area contributed by atoms with E-state index in [0.29, 0.717) is 5.92 Å². The highest BCUT2D eigenvalue weighted by Gasteiger charge is 2.62. The fourth-order valence-corrected chi connectivity index (χ4v) is 4.18. The number of aromatic nitrogens is 2. The molecule has 0 spiro atoms. The Kier molecular flexibility index (Phi) is 3.23. The summed E-state index contributed by atoms with van der Waals surface area (Å²) in [5.74, 6) is 0.441. The summed E-state index contributed by atoms with van der Waals surface area (Å²) in [5.41, 5.74) is 1.30. The normalized spacial score (nSPS) is 33.7. The van der Waals surface area contributed by atoms with E-state index in [2.05, 4.69) is 25.9 Å². The average Bonchev–Trinajstić information content (AvgIpc) is 2.98. The number of nitrogens with zero attached hydrogens (tertiary/aromatic N) is 2. The first kappa shape index (κ1) is 14.4. The zero-order valence-electron chi connectivity index (χ0n) is 13.3. The summed E-state index contributed by atoms with van der Waals surface area (Å²) in [6, 6.07) is 0. The lowest BCUT2D eigenvalue weighted by molar-refractivity contribution is -0.150. The number of carbonyl (C=O) groups excluding carboxylic acids is 1. The highest BCUT2D eigenvalue weighted by molar-refractivity contribution is 5.87. The molecule has 2 aliphatic rings. The number of ether oxygens (including phenoxy) is 1. The van der Waals surface area contributed by atoms with Crippen molar-refractivity contribution < 1.29 is 9.53 Å². The minimum Gasteiger partial charge on any atom is -0.459 e. The van der Waals surface area contributed by atoms with Crippen molar-refractivity contribution >= 4 is 12.0 Å². The maximum absolute atomic E-state index is 12.1. The molecule has 4 heteroatoms. The van der Waals surface area contributed by atoms with E-state index in [-0.39, 0.29) is 22.9 Å². The first-order chi connectivity index (χ1) is 9.83. The fraction of sp³-hybridized carbons (Fsp3) is 0.647. The molecule has 0 aliphatic heterocycles. The molecule has 0 amide bonds. The van der Waals surface area contributed by atoms with Crippen molar-refractivity contribution in [2.75, 3.05) is 0 Å². The summed E-state index contributed by atoms with van der Waals surface area (Å²) >= 11 is 0. The molecule has 2 fully saturated rings. The number of rotatable bonds is 3. The van der Waals surface area contributed by atoms with Crippen LogP contribution in [-0.2, 0) is 16.6 Å². The van der Waals surface area contributed by atoms with Crippen molar-refractivity contribution in [3.8, 4) is 0 Å². The maximum atomic E-state index is 12.1. The Balaban J connectivity index is 1.65. The predicted octanol–water partition coefficient (Wildman–Crippen LogP) is 3.19. The number of fused-ring (bicyclic) bond motifs is 2. The molecule has 1 aromatic rings. The molecule has 0 aromatic carbocycles. The first-order valence-electron chi connectivity index (χ1n) is 7.70. The molecule has 0 saturated heterocycles. The summed E-state index contributed by atoms with van der Waals surface area (Å²) in [4.78, 5) is 12.1. The summed E-state index contributed by atoms with van der Waals surface area (Å²) in [5, 5.41) is 4.07. The standard InChI is InChI=1S/C17H24N2O2/c1-16(2)13-7-8-17(16,3)14(9-13)21-15(20)6-5-12-10-18-19(4)11-12/h5-6,10-11,13-14H,7-9H2,1-4H3/b6-5+. The monoisotopic (exact) mass is 288 g/mol. The Labute approximate surface area is 126 Å². The zero-order chi connectivity index (χ0) is 15.3. The Bertz CT molecular complexity index is 587. The Morgan fingerprint density at radius 3 is 2.76 bits per heavy atom. The van der Waals surface area contributed by atoms with Crippen LogP contribution in [0.2, 0.25) is 0 Å². The van der Waals surface area contributed by atoms with Crippen molar-refractivity contribution in [1.29, 1.82) is 0 Å². The maximum Gasteiger partial charge on any atom is 0.331 e. The smallest absolute Gasteiger partial charge is 0.331 e. The lowest BCUT2D eigenvalue weighted by Gasteiger charge is -2.38. The number of aryl methyl sites for hydroxylation is 1. The van der Waals surface area contributed by atoms with Crippen molar-refractivity contribution in [1.82, 2.24) is 9.78 Å². The molecule has 1 aromatic heterocycles. The molecule has 2 saturated carbocycles. The second-order valence-electron chi connectivity index (χ2n) is 7.32. The number of esters is 1. The molecule has 2 aliphatic carbocycles. The van der Waals surface area contributed by atoms with E-state index < -0.39 is 0 Å². The van der Waals surface area contributed by atoms with Crippen LogP contribution in [0.5, 0.6) is 0 Å². The van der Waals surface area contributed by atoms with E-state index in [1.807, 2.05) is 13.2 Å². The van der Waals surface area contributed by atoms with E-state index in [1.54, 1.807) is 17.0 Å². The van der Waals surface area contributed by atoms with Gasteiger partial charge in [0.05, 0.1) is 6.20 Å². The predicted molar refractivity (Wildman–Crippen MR) is 81.4 cm³/mol. The second-order valence-corrected chi connectivity index (χ2v) is 7.32. The van der Waals surface area contributed by atoms with Crippen LogP contribution in [0.15, 0.2) is 18.5 Å². The summed E-state index contributed by atoms with van der Waals surface area (Å²) in [6.07, 6.45) is 10.4. The van der Waals surface area contributed by atoms with E-state index in [1.165, 1.54) is 12.5 Å². The van der Waals surface area contributed by atoms with Gasteiger partial charge in [0.2, 0.25) is 0 Å². The van der Waals surface area contributed by atoms with E-state index >= 15 is 0 Å². The summed E-state index contributed by atoms with van der Waals surface area (Å²) in [7, 11) is 1.86. The largest absolute Gasteiger partial charge is 0.459 e. The molecule has 0 N–H and O–H groups in total. The van der Waals surface area contributed by atoms with Gasteiger partial charge in [0.25, 0.3) is 0 Å². The molecule has 3 rings (SSSR count). The Hall–Kier alpha value is -1.58. The quantitative estimate of drug-likeness (QED) is 0.634. The van der Waals surface area contributed by atoms with E-state index in [9.17, 15) is 4.79 Å². The van der Waals surface area contributed by atoms with Crippen molar-refractivity contribution in [3.63, 3.8) is 0 Å². The fourth-order valence-electron chi connectivity index (χ4n) is 4.18. The van der Waals surface area contributed by atoms with Crippen LogP contribution in [0.1, 0.15) is 45.6 Å². The molecule has 0 radical (unpaired) electrons. The Morgan fingerprint density at radius 1 is 1.48 bits per heavy atom. The van der Waals surface area contributed by atoms with Gasteiger partial charge >= 0.3 is 5.97 Å². The third-order valence-electron chi connectivity index (χ3n) is 6.11. The van der Waals surface area contributed by atoms with Gasteiger partial charge in [-0.15, -0.1) is 0 Å². The minimum atomic E-state index is -0.242. The van der Waals surface area contributed by atoms with Gasteiger partial charge in [-0.1, -0.05) is 20.8 Å². The first-order valence-corrected chi connectivity index (χ1v) is 7.70. The molecule has 4 nitrogen and oxygen atoms in total. The molecule has 3 unspecified atom stereocenters. The molecule has 21 heavy (non-hydrogen) atoms. The lowest BCUT2D eigenvalue weighted by atomic mass is 9.70. The third-order valence-corrected chi connectivity index (χ3v) is 6.11. The number of hydrogen-bond donors (Lipinski definition) is 0. The van der Waals surface area contributed by atoms with Gasteiger partial charge in [0, 0.05) is 30.3 Å². The third kappa shape index (κ3) is 2.21. The number of carbonyl (C=O) groups is 1. The van der Waals surface area contributed by atoms with Crippen LogP contribution >= 0.6 is 0 Å². The highest BCUT2D eigenvalue weighted by atomic mass is 16.5. The van der Waals surface area contributed by atoms with Crippen LogP contribution in [0.4, 0.5) is 0 Å². The molecule has 114 valence electrons. The van der Waals surface area contributed by atoms with Crippen LogP contribution in [0.3, 0.4) is 0 Å². The van der Waals surface area contributed by atoms with E-state index in [4.69, 9.17) is 4.74 Å². The van der Waals surface area contributed by atoms with Crippen LogP contribution in [0, 0.1) is 16.7 Å². The molecule has 1 heterocycles. The molecular weight excluding hydrogens is 264 g/mol. The second kappa shape index (κ2) is 4.72. The van der Waals surface area contributed by atoms with Crippen molar-refractivity contribution in [2.45, 2.75) is 46.1 Å². The van der Waals surface area contributed by atoms with Crippen molar-refractivity contribution in [3.05, 3.63) is 24.0 Å². The molecule has 3 atom stereocenters. The van der Waals surface area contributed by atoms with Gasteiger partial charge in [-0.25, -0.2) is 4.79 Å². The minimum absolute atomic E-state index is 0.0531. The van der Waals surface area contributed by atoms with Crippen LogP contribution in [0.25, 0.3) is 6.08 Å². The van der Waals surface area contributed by atoms with Crippen LogP contribution in [-0.4, -0.2) is 21.9 Å². The average molecular weight is 288 g/mol. The summed E-state index contributed by atoms with van der Waals surface area (Å²) < 4.78 is 7.47. The topological polar surface area (TPSA) is 44.1 Å². The van der Waals surface area contributed by atoms with E-state index in [0.717, 1.165) is 18.4 Å². The van der Waals surface area contributed by atoms with Gasteiger partial charge in [0.15, 0.2) is 0 Å². The lowest BCUT2D eigenvalue weighted by Crippen LogP contribution is -2.38.